The molecule has 1 aromatic heterocycles. The number of ether oxygens (including phenoxy) is 3. The summed E-state index contributed by atoms with van der Waals surface area (Å²) in [5.41, 5.74) is 3.43. The van der Waals surface area contributed by atoms with Crippen molar-refractivity contribution < 1.29 is 33.4 Å². The minimum atomic E-state index is -1.16. The number of aromatic nitrogens is 1. The third-order valence-corrected chi connectivity index (χ3v) is 6.70. The number of imide groups is 1. The lowest BCUT2D eigenvalue weighted by Crippen LogP contribution is -2.55. The van der Waals surface area contributed by atoms with Gasteiger partial charge in [-0.25, -0.2) is 14.4 Å². The zero-order chi connectivity index (χ0) is 30.4. The first-order valence-electron chi connectivity index (χ1n) is 13.8. The average Bonchev–Trinajstić information content (AvgIpc) is 3.33. The number of alkyl carbamates (subject to hydrolysis) is 1. The number of carbonyl (C=O) groups excluding carboxylic acids is 4. The molecule has 4 N–H and O–H groups in total. The second kappa shape index (κ2) is 13.0. The van der Waals surface area contributed by atoms with E-state index < -0.39 is 41.7 Å². The zero-order valence-electron chi connectivity index (χ0n) is 24.5. The van der Waals surface area contributed by atoms with E-state index in [1.807, 2.05) is 24.3 Å². The van der Waals surface area contributed by atoms with Crippen molar-refractivity contribution in [2.45, 2.75) is 64.5 Å². The zero-order valence-corrected chi connectivity index (χ0v) is 24.5. The topological polar surface area (TPSA) is 148 Å². The molecule has 42 heavy (non-hydrogen) atoms. The molecule has 0 unspecified atom stereocenters. The van der Waals surface area contributed by atoms with Gasteiger partial charge in [0.05, 0.1) is 13.7 Å². The van der Waals surface area contributed by atoms with Crippen molar-refractivity contribution in [3.63, 3.8) is 0 Å². The van der Waals surface area contributed by atoms with Crippen molar-refractivity contribution in [3.8, 4) is 5.75 Å². The minimum absolute atomic E-state index is 0.0613. The van der Waals surface area contributed by atoms with Crippen molar-refractivity contribution >= 4 is 47.6 Å². The molecule has 1 aliphatic heterocycles. The van der Waals surface area contributed by atoms with Crippen LogP contribution in [0, 0.1) is 0 Å². The maximum absolute atomic E-state index is 13.3. The van der Waals surface area contributed by atoms with Gasteiger partial charge in [0.15, 0.2) is 7.28 Å². The van der Waals surface area contributed by atoms with E-state index in [9.17, 15) is 19.2 Å². The number of methoxy groups -OCH3 is 1. The monoisotopic (exact) mass is 575 g/mol. The second-order valence-electron chi connectivity index (χ2n) is 11.0. The van der Waals surface area contributed by atoms with Gasteiger partial charge in [0.25, 0.3) is 5.91 Å². The van der Waals surface area contributed by atoms with Crippen molar-refractivity contribution in [3.05, 3.63) is 59.3 Å². The van der Waals surface area contributed by atoms with Gasteiger partial charge in [0, 0.05) is 29.9 Å². The highest BCUT2D eigenvalue weighted by Crippen LogP contribution is 2.23. The maximum atomic E-state index is 13.3. The number of aromatic amines is 1. The molecule has 0 fully saturated rings. The number of esters is 1. The van der Waals surface area contributed by atoms with Crippen LogP contribution in [0.1, 0.15) is 44.4 Å². The van der Waals surface area contributed by atoms with E-state index in [-0.39, 0.29) is 19.4 Å². The molecule has 0 saturated heterocycles. The molecule has 0 spiro atoms. The Hall–Kier alpha value is -4.48. The van der Waals surface area contributed by atoms with Crippen LogP contribution in [-0.4, -0.2) is 67.7 Å². The lowest BCUT2D eigenvalue weighted by atomic mass is 9.64. The normalized spacial score (nSPS) is 17.8. The van der Waals surface area contributed by atoms with E-state index in [4.69, 9.17) is 14.2 Å². The molecule has 221 valence electrons. The Morgan fingerprint density at radius 1 is 1.10 bits per heavy atom. The fourth-order valence-corrected chi connectivity index (χ4v) is 4.86. The van der Waals surface area contributed by atoms with E-state index in [1.165, 1.54) is 0 Å². The summed E-state index contributed by atoms with van der Waals surface area (Å²) in [5.74, 6) is -0.739. The largest absolute Gasteiger partial charge is 0.497 e. The Labute approximate surface area is 245 Å². The van der Waals surface area contributed by atoms with Crippen LogP contribution in [0.5, 0.6) is 5.75 Å². The summed E-state index contributed by atoms with van der Waals surface area (Å²) in [5, 5.41) is 8.31. The number of para-hydroxylation sites is 1. The summed E-state index contributed by atoms with van der Waals surface area (Å²) in [7, 11) is 3.65. The van der Waals surface area contributed by atoms with Crippen LogP contribution in [-0.2, 0) is 38.2 Å². The molecule has 0 aliphatic carbocycles. The highest BCUT2D eigenvalue weighted by atomic mass is 16.6. The summed E-state index contributed by atoms with van der Waals surface area (Å²) in [6.07, 6.45) is 1.69. The predicted octanol–water partition coefficient (Wildman–Crippen LogP) is 2.46. The fraction of sp³-hybridized carbons (Fsp3) is 0.400. The first kappa shape index (κ1) is 30.5. The van der Waals surface area contributed by atoms with E-state index in [1.54, 1.807) is 53.1 Å². The smallest absolute Gasteiger partial charge is 0.408 e. The van der Waals surface area contributed by atoms with Gasteiger partial charge in [0.1, 0.15) is 23.4 Å². The number of urea groups is 1. The molecule has 2 aromatic carbocycles. The molecule has 4 rings (SSSR count). The first-order valence-corrected chi connectivity index (χ1v) is 13.8. The standard InChI is InChI=1S/C30H36BN4O7/c1-6-41-27(37)23-14-19-16-32-25-20(19)8-7-9-21(25)31-15-18-12-17(10-11-24(18)40-5)13-22(26(36)35-28(38)33-23)34-29(39)42-30(2,3)4/h7-12,16,22-23,32H,6,13-15H2,1-5H3,(H,34,39)(H2,33,35,36,38)/t22-,23-/m0/s1. The summed E-state index contributed by atoms with van der Waals surface area (Å²) in [6.45, 7) is 6.91. The van der Waals surface area contributed by atoms with Crippen LogP contribution in [0.15, 0.2) is 42.6 Å². The lowest BCUT2D eigenvalue weighted by molar-refractivity contribution is -0.145. The number of rotatable bonds is 4. The molecule has 12 heteroatoms. The summed E-state index contributed by atoms with van der Waals surface area (Å²) < 4.78 is 16.2. The second-order valence-corrected chi connectivity index (χ2v) is 11.0. The van der Waals surface area contributed by atoms with Crippen LogP contribution >= 0.6 is 0 Å². The molecule has 2 heterocycles. The molecule has 2 atom stereocenters. The van der Waals surface area contributed by atoms with E-state index in [0.29, 0.717) is 12.1 Å². The SMILES string of the molecule is CCOC(=O)[C@@H]1Cc2c[nH]c3c(cccc23)[B]Cc2cc(ccc2OC)C[C@H](NC(=O)OC(C)(C)C)C(=O)NC(=O)N1. The third kappa shape index (κ3) is 7.62. The van der Waals surface area contributed by atoms with Gasteiger partial charge in [-0.1, -0.05) is 35.8 Å². The number of amides is 4. The van der Waals surface area contributed by atoms with Gasteiger partial charge in [-0.2, -0.15) is 0 Å². The highest BCUT2D eigenvalue weighted by Gasteiger charge is 2.29. The van der Waals surface area contributed by atoms with Gasteiger partial charge >= 0.3 is 18.1 Å². The molecule has 11 nitrogen and oxygen atoms in total. The number of nitrogens with one attached hydrogen (secondary N) is 4. The number of hydrogen-bond donors (Lipinski definition) is 4. The van der Waals surface area contributed by atoms with Gasteiger partial charge in [-0.15, -0.1) is 0 Å². The summed E-state index contributed by atoms with van der Waals surface area (Å²) in [6, 6.07) is 8.22. The number of H-pyrrole nitrogens is 1. The lowest BCUT2D eigenvalue weighted by Gasteiger charge is -2.24. The molecule has 0 saturated carbocycles. The quantitative estimate of drug-likeness (QED) is 0.276. The van der Waals surface area contributed by atoms with Gasteiger partial charge < -0.3 is 29.8 Å². The number of fused-ring (bicyclic) bond motifs is 2. The van der Waals surface area contributed by atoms with Crippen molar-refractivity contribution in [2.24, 2.45) is 0 Å². The van der Waals surface area contributed by atoms with Crippen LogP contribution < -0.4 is 26.2 Å². The van der Waals surface area contributed by atoms with Crippen molar-refractivity contribution in [2.75, 3.05) is 13.7 Å². The van der Waals surface area contributed by atoms with E-state index in [0.717, 1.165) is 33.1 Å². The Balaban J connectivity index is 1.74. The third-order valence-electron chi connectivity index (χ3n) is 6.70. The van der Waals surface area contributed by atoms with Crippen LogP contribution in [0.4, 0.5) is 9.59 Å². The molecule has 4 amide bonds. The molecular weight excluding hydrogens is 539 g/mol. The molecular formula is C30H36BN4O7. The van der Waals surface area contributed by atoms with Gasteiger partial charge in [0.2, 0.25) is 0 Å². The summed E-state index contributed by atoms with van der Waals surface area (Å²) in [4.78, 5) is 55.1. The van der Waals surface area contributed by atoms with Crippen LogP contribution in [0.2, 0.25) is 0 Å². The maximum Gasteiger partial charge on any atom is 0.408 e. The molecule has 3 aromatic rings. The predicted molar refractivity (Wildman–Crippen MR) is 158 cm³/mol. The molecule has 6 bridgehead atoms. The van der Waals surface area contributed by atoms with Crippen LogP contribution in [0.3, 0.4) is 0 Å². The van der Waals surface area contributed by atoms with Crippen molar-refractivity contribution in [1.82, 2.24) is 20.9 Å². The Morgan fingerprint density at radius 3 is 2.60 bits per heavy atom. The molecule has 1 radical (unpaired) electrons. The van der Waals surface area contributed by atoms with Gasteiger partial charge in [-0.05, 0) is 56.8 Å². The van der Waals surface area contributed by atoms with E-state index in [2.05, 4.69) is 28.2 Å². The van der Waals surface area contributed by atoms with Crippen molar-refractivity contribution in [1.29, 1.82) is 0 Å². The minimum Gasteiger partial charge on any atom is -0.497 e. The molecule has 1 aliphatic rings. The highest BCUT2D eigenvalue weighted by molar-refractivity contribution is 6.56. The first-order chi connectivity index (χ1) is 20.0. The van der Waals surface area contributed by atoms with Gasteiger partial charge in [-0.3, -0.25) is 10.1 Å². The number of hydrogen-bond acceptors (Lipinski definition) is 7. The number of carbonyl (C=O) groups is 4. The summed E-state index contributed by atoms with van der Waals surface area (Å²) >= 11 is 0. The Kier molecular flexibility index (Phi) is 9.44. The Bertz CT molecular complexity index is 1480. The van der Waals surface area contributed by atoms with E-state index >= 15 is 0 Å². The van der Waals surface area contributed by atoms with Crippen LogP contribution in [0.25, 0.3) is 10.9 Å². The Morgan fingerprint density at radius 2 is 1.88 bits per heavy atom. The fourth-order valence-electron chi connectivity index (χ4n) is 4.86. The number of benzene rings is 2. The average molecular weight is 575 g/mol.